The van der Waals surface area contributed by atoms with Crippen LogP contribution in [-0.4, -0.2) is 11.7 Å². The molecule has 0 saturated heterocycles. The SMILES string of the molecule is Cc1ccc(/C=C2/N=C(c3ccccc3)N(c3cccc(Br)c3)C2=O)cc1. The van der Waals surface area contributed by atoms with Gasteiger partial charge in [-0.3, -0.25) is 9.69 Å². The number of aliphatic imine (C=N–C) groups is 1. The van der Waals surface area contributed by atoms with E-state index in [-0.39, 0.29) is 5.91 Å². The monoisotopic (exact) mass is 416 g/mol. The van der Waals surface area contributed by atoms with Crippen molar-refractivity contribution in [1.29, 1.82) is 0 Å². The second kappa shape index (κ2) is 7.33. The number of nitrogens with zero attached hydrogens (tertiary/aromatic N) is 2. The molecule has 3 nitrogen and oxygen atoms in total. The summed E-state index contributed by atoms with van der Waals surface area (Å²) in [6.07, 6.45) is 1.84. The van der Waals surface area contributed by atoms with Crippen molar-refractivity contribution in [3.8, 4) is 0 Å². The lowest BCUT2D eigenvalue weighted by Gasteiger charge is -2.18. The van der Waals surface area contributed by atoms with Crippen LogP contribution in [0.5, 0.6) is 0 Å². The third kappa shape index (κ3) is 3.62. The summed E-state index contributed by atoms with van der Waals surface area (Å²) >= 11 is 3.49. The summed E-state index contributed by atoms with van der Waals surface area (Å²) in [5, 5.41) is 0. The number of hydrogen-bond donors (Lipinski definition) is 0. The van der Waals surface area contributed by atoms with E-state index in [1.54, 1.807) is 4.90 Å². The van der Waals surface area contributed by atoms with Crippen molar-refractivity contribution in [2.75, 3.05) is 4.90 Å². The fourth-order valence-electron chi connectivity index (χ4n) is 2.97. The number of anilines is 1. The van der Waals surface area contributed by atoms with Crippen molar-refractivity contribution in [3.63, 3.8) is 0 Å². The number of carbonyl (C=O) groups excluding carboxylic acids is 1. The number of carbonyl (C=O) groups is 1. The summed E-state index contributed by atoms with van der Waals surface area (Å²) < 4.78 is 0.913. The lowest BCUT2D eigenvalue weighted by molar-refractivity contribution is -0.113. The molecule has 0 N–H and O–H groups in total. The Morgan fingerprint density at radius 3 is 2.37 bits per heavy atom. The van der Waals surface area contributed by atoms with E-state index in [0.29, 0.717) is 11.5 Å². The Morgan fingerprint density at radius 1 is 0.926 bits per heavy atom. The van der Waals surface area contributed by atoms with Crippen LogP contribution in [0.1, 0.15) is 16.7 Å². The lowest BCUT2D eigenvalue weighted by atomic mass is 10.1. The smallest absolute Gasteiger partial charge is 0.266 e. The molecular weight excluding hydrogens is 400 g/mol. The van der Waals surface area contributed by atoms with Crippen LogP contribution in [0.4, 0.5) is 5.69 Å². The largest absolute Gasteiger partial charge is 0.282 e. The van der Waals surface area contributed by atoms with E-state index >= 15 is 0 Å². The topological polar surface area (TPSA) is 32.7 Å². The fourth-order valence-corrected chi connectivity index (χ4v) is 3.36. The number of hydrogen-bond acceptors (Lipinski definition) is 2. The zero-order valence-electron chi connectivity index (χ0n) is 14.8. The highest BCUT2D eigenvalue weighted by atomic mass is 79.9. The molecule has 1 amide bonds. The van der Waals surface area contributed by atoms with E-state index < -0.39 is 0 Å². The Morgan fingerprint density at radius 2 is 1.67 bits per heavy atom. The van der Waals surface area contributed by atoms with Gasteiger partial charge in [-0.1, -0.05) is 82.2 Å². The van der Waals surface area contributed by atoms with E-state index in [2.05, 4.69) is 20.9 Å². The molecule has 0 aromatic heterocycles. The molecule has 3 aromatic rings. The molecule has 27 heavy (non-hydrogen) atoms. The lowest BCUT2D eigenvalue weighted by Crippen LogP contribution is -2.32. The summed E-state index contributed by atoms with van der Waals surface area (Å²) in [7, 11) is 0. The zero-order valence-corrected chi connectivity index (χ0v) is 16.3. The molecule has 0 atom stereocenters. The molecule has 0 aliphatic carbocycles. The molecule has 1 heterocycles. The van der Waals surface area contributed by atoms with Crippen LogP contribution >= 0.6 is 15.9 Å². The Labute approximate surface area is 166 Å². The number of benzene rings is 3. The fraction of sp³-hybridized carbons (Fsp3) is 0.0435. The molecule has 4 heteroatoms. The first-order chi connectivity index (χ1) is 13.1. The van der Waals surface area contributed by atoms with Gasteiger partial charge >= 0.3 is 0 Å². The van der Waals surface area contributed by atoms with Crippen molar-refractivity contribution in [2.45, 2.75) is 6.92 Å². The summed E-state index contributed by atoms with van der Waals surface area (Å²) in [4.78, 5) is 19.6. The van der Waals surface area contributed by atoms with Gasteiger partial charge in [0.15, 0.2) is 0 Å². The third-order valence-corrected chi connectivity index (χ3v) is 4.83. The first-order valence-corrected chi connectivity index (χ1v) is 9.43. The zero-order chi connectivity index (χ0) is 18.8. The van der Waals surface area contributed by atoms with Crippen molar-refractivity contribution >= 4 is 39.4 Å². The Hall–Kier alpha value is -2.98. The van der Waals surface area contributed by atoms with Crippen molar-refractivity contribution in [1.82, 2.24) is 0 Å². The van der Waals surface area contributed by atoms with Gasteiger partial charge in [-0.25, -0.2) is 4.99 Å². The van der Waals surface area contributed by atoms with Gasteiger partial charge in [-0.15, -0.1) is 0 Å². The van der Waals surface area contributed by atoms with Gasteiger partial charge in [0.25, 0.3) is 5.91 Å². The molecule has 0 fully saturated rings. The van der Waals surface area contributed by atoms with Crippen molar-refractivity contribution < 1.29 is 4.79 Å². The van der Waals surface area contributed by atoms with Crippen molar-refractivity contribution in [3.05, 3.63) is 106 Å². The van der Waals surface area contributed by atoms with Crippen LogP contribution in [0, 0.1) is 6.92 Å². The maximum atomic E-state index is 13.2. The minimum Gasteiger partial charge on any atom is -0.266 e. The molecule has 0 radical (unpaired) electrons. The second-order valence-electron chi connectivity index (χ2n) is 6.36. The van der Waals surface area contributed by atoms with Gasteiger partial charge in [0.05, 0.1) is 5.69 Å². The molecule has 0 saturated carbocycles. The maximum absolute atomic E-state index is 13.2. The van der Waals surface area contributed by atoms with E-state index in [0.717, 1.165) is 21.3 Å². The highest BCUT2D eigenvalue weighted by Gasteiger charge is 2.32. The Kier molecular flexibility index (Phi) is 4.73. The highest BCUT2D eigenvalue weighted by molar-refractivity contribution is 9.10. The highest BCUT2D eigenvalue weighted by Crippen LogP contribution is 2.29. The molecule has 3 aromatic carbocycles. The van der Waals surface area contributed by atoms with Crippen LogP contribution in [0.3, 0.4) is 0 Å². The summed E-state index contributed by atoms with van der Waals surface area (Å²) in [5.74, 6) is 0.504. The van der Waals surface area contributed by atoms with Gasteiger partial charge in [0, 0.05) is 10.0 Å². The standard InChI is InChI=1S/C23H17BrN2O/c1-16-10-12-17(13-11-16)14-21-23(27)26(20-9-5-8-19(24)15-20)22(25-21)18-6-3-2-4-7-18/h2-15H,1H3/b21-14+. The van der Waals surface area contributed by atoms with E-state index in [1.807, 2.05) is 91.9 Å². The van der Waals surface area contributed by atoms with Gasteiger partial charge < -0.3 is 0 Å². The molecule has 132 valence electrons. The van der Waals surface area contributed by atoms with Crippen LogP contribution in [0.2, 0.25) is 0 Å². The number of halogens is 1. The number of rotatable bonds is 3. The predicted molar refractivity (Wildman–Crippen MR) is 114 cm³/mol. The van der Waals surface area contributed by atoms with Crippen LogP contribution in [0.15, 0.2) is 94.0 Å². The maximum Gasteiger partial charge on any atom is 0.282 e. The van der Waals surface area contributed by atoms with Crippen molar-refractivity contribution in [2.24, 2.45) is 4.99 Å². The van der Waals surface area contributed by atoms with Gasteiger partial charge in [-0.2, -0.15) is 0 Å². The number of amidine groups is 1. The minimum atomic E-state index is -0.132. The Balaban J connectivity index is 1.82. The number of amides is 1. The first-order valence-electron chi connectivity index (χ1n) is 8.64. The molecule has 1 aliphatic rings. The van der Waals surface area contributed by atoms with Crippen LogP contribution in [-0.2, 0) is 4.79 Å². The predicted octanol–water partition coefficient (Wildman–Crippen LogP) is 5.59. The molecule has 0 unspecified atom stereocenters. The third-order valence-electron chi connectivity index (χ3n) is 4.34. The minimum absolute atomic E-state index is 0.132. The second-order valence-corrected chi connectivity index (χ2v) is 7.28. The molecule has 1 aliphatic heterocycles. The Bertz CT molecular complexity index is 1050. The van der Waals surface area contributed by atoms with Crippen LogP contribution in [0.25, 0.3) is 6.08 Å². The molecule has 0 bridgehead atoms. The first kappa shape index (κ1) is 17.4. The summed E-state index contributed by atoms with van der Waals surface area (Å²) in [5.41, 5.74) is 4.25. The normalized spacial score (nSPS) is 15.3. The van der Waals surface area contributed by atoms with E-state index in [4.69, 9.17) is 0 Å². The quantitative estimate of drug-likeness (QED) is 0.512. The number of aryl methyl sites for hydroxylation is 1. The van der Waals surface area contributed by atoms with Gasteiger partial charge in [0.2, 0.25) is 0 Å². The van der Waals surface area contributed by atoms with Crippen LogP contribution < -0.4 is 4.90 Å². The van der Waals surface area contributed by atoms with Gasteiger partial charge in [0.1, 0.15) is 11.5 Å². The molecule has 0 spiro atoms. The summed E-state index contributed by atoms with van der Waals surface area (Å²) in [6, 6.07) is 25.5. The molecule has 4 rings (SSSR count). The average molecular weight is 417 g/mol. The van der Waals surface area contributed by atoms with E-state index in [1.165, 1.54) is 5.56 Å². The average Bonchev–Trinajstić information content (AvgIpc) is 3.01. The summed E-state index contributed by atoms with van der Waals surface area (Å²) in [6.45, 7) is 2.04. The van der Waals surface area contributed by atoms with E-state index in [9.17, 15) is 4.79 Å². The molecular formula is C23H17BrN2O. The van der Waals surface area contributed by atoms with Gasteiger partial charge in [-0.05, 0) is 36.8 Å².